The van der Waals surface area contributed by atoms with Crippen molar-refractivity contribution in [2.75, 3.05) is 31.6 Å². The van der Waals surface area contributed by atoms with Crippen LogP contribution in [-0.2, 0) is 10.1 Å². The molecule has 9 nitrogen and oxygen atoms in total. The van der Waals surface area contributed by atoms with Crippen LogP contribution in [0.5, 0.6) is 0 Å². The molecule has 0 aliphatic rings. The van der Waals surface area contributed by atoms with E-state index in [-0.39, 0.29) is 18.1 Å². The van der Waals surface area contributed by atoms with E-state index in [1.165, 1.54) is 18.2 Å². The minimum absolute atomic E-state index is 0.194. The van der Waals surface area contributed by atoms with Crippen molar-refractivity contribution in [2.45, 2.75) is 4.90 Å². The van der Waals surface area contributed by atoms with Gasteiger partial charge < -0.3 is 25.4 Å². The predicted octanol–water partition coefficient (Wildman–Crippen LogP) is 2.28. The van der Waals surface area contributed by atoms with E-state index in [0.717, 1.165) is 11.4 Å². The second kappa shape index (κ2) is 13.3. The van der Waals surface area contributed by atoms with Crippen molar-refractivity contribution >= 4 is 32.9 Å². The molecule has 3 aromatic rings. The minimum Gasteiger partial charge on any atom is -0.744 e. The molecule has 0 aliphatic heterocycles. The average molecular weight is 459 g/mol. The van der Waals surface area contributed by atoms with E-state index in [1.807, 2.05) is 47.8 Å². The number of hydrogen-bond acceptors (Lipinski definition) is 8. The SMILES string of the molecule is O=S(=O)([O-])c1cccc(N=Nc2ccc(Nc3ccccc3)cc2)c1.OCC[NH2+]CCO. The number of nitrogens with zero attached hydrogens (tertiary/aromatic N) is 2. The number of aliphatic hydroxyl groups is 2. The Hall–Kier alpha value is -3.15. The molecule has 0 spiro atoms. The molecule has 0 radical (unpaired) electrons. The summed E-state index contributed by atoms with van der Waals surface area (Å²) in [5.41, 5.74) is 2.79. The van der Waals surface area contributed by atoms with E-state index >= 15 is 0 Å². The van der Waals surface area contributed by atoms with E-state index in [2.05, 4.69) is 15.5 Å². The summed E-state index contributed by atoms with van der Waals surface area (Å²) in [4.78, 5) is -0.327. The van der Waals surface area contributed by atoms with Gasteiger partial charge in [0.05, 0.1) is 42.6 Å². The molecule has 0 bridgehead atoms. The molecule has 0 aromatic heterocycles. The van der Waals surface area contributed by atoms with Crippen LogP contribution in [0.25, 0.3) is 0 Å². The molecule has 32 heavy (non-hydrogen) atoms. The van der Waals surface area contributed by atoms with Crippen LogP contribution in [0.2, 0.25) is 0 Å². The number of azo groups is 1. The van der Waals surface area contributed by atoms with Gasteiger partial charge in [0.15, 0.2) is 0 Å². The number of anilines is 2. The molecule has 0 amide bonds. The van der Waals surface area contributed by atoms with Gasteiger partial charge in [0.2, 0.25) is 0 Å². The van der Waals surface area contributed by atoms with Crippen molar-refractivity contribution < 1.29 is 28.5 Å². The lowest BCUT2D eigenvalue weighted by Gasteiger charge is -2.06. The van der Waals surface area contributed by atoms with Crippen molar-refractivity contribution in [1.82, 2.24) is 0 Å². The lowest BCUT2D eigenvalue weighted by molar-refractivity contribution is -0.657. The number of aliphatic hydroxyl groups excluding tert-OH is 2. The highest BCUT2D eigenvalue weighted by atomic mass is 32.2. The predicted molar refractivity (Wildman–Crippen MR) is 121 cm³/mol. The standard InChI is InChI=1S/C18H15N3O3S.C4H11NO2/c22-25(23,24)18-8-4-7-17(13-18)21-20-16-11-9-15(10-12-16)19-14-5-2-1-3-6-14;6-3-1-5-2-4-7/h1-13,19H,(H,22,23,24);5-7H,1-4H2. The van der Waals surface area contributed by atoms with Crippen LogP contribution in [0.3, 0.4) is 0 Å². The third-order valence-electron chi connectivity index (χ3n) is 3.98. The smallest absolute Gasteiger partial charge is 0.124 e. The van der Waals surface area contributed by atoms with Gasteiger partial charge in [-0.25, -0.2) is 8.42 Å². The van der Waals surface area contributed by atoms with Gasteiger partial charge in [-0.05, 0) is 54.6 Å². The van der Waals surface area contributed by atoms with E-state index in [4.69, 9.17) is 10.2 Å². The third-order valence-corrected chi connectivity index (χ3v) is 4.81. The maximum atomic E-state index is 11.0. The Balaban J connectivity index is 0.000000451. The van der Waals surface area contributed by atoms with Crippen LogP contribution >= 0.6 is 0 Å². The third kappa shape index (κ3) is 9.33. The van der Waals surface area contributed by atoms with Crippen LogP contribution in [0.1, 0.15) is 0 Å². The molecule has 5 N–H and O–H groups in total. The molecule has 0 saturated carbocycles. The van der Waals surface area contributed by atoms with Crippen molar-refractivity contribution in [2.24, 2.45) is 10.2 Å². The first-order chi connectivity index (χ1) is 15.4. The van der Waals surface area contributed by atoms with Gasteiger partial charge in [0.25, 0.3) is 0 Å². The second-order valence-corrected chi connectivity index (χ2v) is 7.88. The van der Waals surface area contributed by atoms with Gasteiger partial charge in [-0.15, -0.1) is 0 Å². The molecule has 0 unspecified atom stereocenters. The zero-order valence-corrected chi connectivity index (χ0v) is 18.1. The van der Waals surface area contributed by atoms with Gasteiger partial charge in [0.1, 0.15) is 10.1 Å². The maximum absolute atomic E-state index is 11.0. The zero-order chi connectivity index (χ0) is 23.2. The van der Waals surface area contributed by atoms with Crippen LogP contribution < -0.4 is 10.6 Å². The topological polar surface area (TPSA) is 151 Å². The Morgan fingerprint density at radius 3 is 1.97 bits per heavy atom. The summed E-state index contributed by atoms with van der Waals surface area (Å²) in [5.74, 6) is 0. The Labute approximate surface area is 187 Å². The number of nitrogens with two attached hydrogens (primary N) is 1. The molecule has 0 saturated heterocycles. The lowest BCUT2D eigenvalue weighted by Crippen LogP contribution is -2.85. The van der Waals surface area contributed by atoms with Gasteiger partial charge in [0, 0.05) is 11.4 Å². The fraction of sp³-hybridized carbons (Fsp3) is 0.182. The Morgan fingerprint density at radius 1 is 0.781 bits per heavy atom. The van der Waals surface area contributed by atoms with Crippen LogP contribution in [0, 0.1) is 0 Å². The van der Waals surface area contributed by atoms with E-state index in [1.54, 1.807) is 18.2 Å². The highest BCUT2D eigenvalue weighted by Crippen LogP contribution is 2.23. The van der Waals surface area contributed by atoms with Gasteiger partial charge in [-0.1, -0.05) is 24.3 Å². The monoisotopic (exact) mass is 458 g/mol. The molecule has 0 heterocycles. The summed E-state index contributed by atoms with van der Waals surface area (Å²) >= 11 is 0. The highest BCUT2D eigenvalue weighted by Gasteiger charge is 2.02. The molecule has 3 aromatic carbocycles. The van der Waals surface area contributed by atoms with Crippen LogP contribution in [-0.4, -0.2) is 49.5 Å². The lowest BCUT2D eigenvalue weighted by atomic mass is 10.2. The number of benzene rings is 3. The summed E-state index contributed by atoms with van der Waals surface area (Å²) < 4.78 is 33.0. The summed E-state index contributed by atoms with van der Waals surface area (Å²) in [6, 6.07) is 22.5. The molecule has 10 heteroatoms. The molecule has 0 aliphatic carbocycles. The van der Waals surface area contributed by atoms with Crippen molar-refractivity contribution in [1.29, 1.82) is 0 Å². The van der Waals surface area contributed by atoms with Gasteiger partial charge in [-0.2, -0.15) is 10.2 Å². The van der Waals surface area contributed by atoms with Gasteiger partial charge >= 0.3 is 0 Å². The minimum atomic E-state index is -4.50. The molecule has 3 rings (SSSR count). The number of nitrogens with one attached hydrogen (secondary N) is 1. The molecule has 0 fully saturated rings. The number of para-hydroxylation sites is 1. The number of rotatable bonds is 9. The fourth-order valence-corrected chi connectivity index (χ4v) is 2.95. The summed E-state index contributed by atoms with van der Waals surface area (Å²) in [7, 11) is -4.50. The Bertz CT molecular complexity index is 1070. The summed E-state index contributed by atoms with van der Waals surface area (Å²) in [6.07, 6.45) is 0. The zero-order valence-electron chi connectivity index (χ0n) is 17.3. The second-order valence-electron chi connectivity index (χ2n) is 6.50. The molecular weight excluding hydrogens is 432 g/mol. The maximum Gasteiger partial charge on any atom is 0.124 e. The molecule has 0 atom stereocenters. The fourth-order valence-electron chi connectivity index (χ4n) is 2.44. The Kier molecular flexibility index (Phi) is 10.4. The van der Waals surface area contributed by atoms with Crippen LogP contribution in [0.15, 0.2) is 94.0 Å². The molecular formula is C22H26N4O5S. The Morgan fingerprint density at radius 2 is 1.38 bits per heavy atom. The average Bonchev–Trinajstić information content (AvgIpc) is 2.80. The highest BCUT2D eigenvalue weighted by molar-refractivity contribution is 7.85. The van der Waals surface area contributed by atoms with Gasteiger partial charge in [-0.3, -0.25) is 0 Å². The van der Waals surface area contributed by atoms with Crippen molar-refractivity contribution in [3.05, 3.63) is 78.9 Å². The van der Waals surface area contributed by atoms with E-state index in [9.17, 15) is 13.0 Å². The number of quaternary nitrogens is 1. The van der Waals surface area contributed by atoms with Crippen molar-refractivity contribution in [3.63, 3.8) is 0 Å². The first-order valence-corrected chi connectivity index (χ1v) is 11.3. The summed E-state index contributed by atoms with van der Waals surface area (Å²) in [5, 5.41) is 29.5. The quantitative estimate of drug-likeness (QED) is 0.219. The summed E-state index contributed by atoms with van der Waals surface area (Å²) in [6.45, 7) is 1.78. The largest absolute Gasteiger partial charge is 0.744 e. The van der Waals surface area contributed by atoms with E-state index < -0.39 is 10.1 Å². The first kappa shape index (κ1) is 25.1. The first-order valence-electron chi connectivity index (χ1n) is 9.85. The molecule has 170 valence electrons. The van der Waals surface area contributed by atoms with E-state index in [0.29, 0.717) is 24.5 Å². The van der Waals surface area contributed by atoms with Crippen molar-refractivity contribution in [3.8, 4) is 0 Å². The normalized spacial score (nSPS) is 11.1. The number of hydrogen-bond donors (Lipinski definition) is 4. The van der Waals surface area contributed by atoms with Crippen LogP contribution in [0.4, 0.5) is 22.7 Å².